The monoisotopic (exact) mass is 333 g/mol. The third-order valence-electron chi connectivity index (χ3n) is 3.23. The van der Waals surface area contributed by atoms with E-state index in [0.29, 0.717) is 5.56 Å². The Labute approximate surface area is 126 Å². The number of phenolic OH excluding ortho intramolecular Hbond substituents is 1. The van der Waals surface area contributed by atoms with Crippen molar-refractivity contribution in [3.05, 3.63) is 63.6 Å². The quantitative estimate of drug-likeness (QED) is 0.893. The van der Waals surface area contributed by atoms with Crippen LogP contribution in [0.3, 0.4) is 0 Å². The molecule has 4 heteroatoms. The molecule has 2 aromatic rings. The van der Waals surface area contributed by atoms with E-state index in [9.17, 15) is 9.90 Å². The van der Waals surface area contributed by atoms with Crippen molar-refractivity contribution in [1.29, 1.82) is 0 Å². The summed E-state index contributed by atoms with van der Waals surface area (Å²) >= 11 is 3.42. The van der Waals surface area contributed by atoms with Crippen LogP contribution in [-0.2, 0) is 0 Å². The van der Waals surface area contributed by atoms with Gasteiger partial charge in [0.2, 0.25) is 0 Å². The van der Waals surface area contributed by atoms with Crippen LogP contribution in [0.4, 0.5) is 0 Å². The fraction of sp³-hybridized carbons (Fsp3) is 0.188. The van der Waals surface area contributed by atoms with Gasteiger partial charge in [0.1, 0.15) is 5.75 Å². The Kier molecular flexibility index (Phi) is 4.45. The summed E-state index contributed by atoms with van der Waals surface area (Å²) in [7, 11) is 0. The predicted octanol–water partition coefficient (Wildman–Crippen LogP) is 3.95. The Morgan fingerprint density at radius 1 is 1.25 bits per heavy atom. The van der Waals surface area contributed by atoms with Gasteiger partial charge < -0.3 is 10.4 Å². The predicted molar refractivity (Wildman–Crippen MR) is 82.9 cm³/mol. The van der Waals surface area contributed by atoms with Crippen molar-refractivity contribution < 1.29 is 9.90 Å². The number of halogens is 1. The first kappa shape index (κ1) is 14.6. The van der Waals surface area contributed by atoms with E-state index in [-0.39, 0.29) is 17.7 Å². The number of amides is 1. The molecule has 2 rings (SSSR count). The van der Waals surface area contributed by atoms with Crippen molar-refractivity contribution in [1.82, 2.24) is 5.32 Å². The number of nitrogens with one attached hydrogen (secondary N) is 1. The number of hydrogen-bond donors (Lipinski definition) is 2. The lowest BCUT2D eigenvalue weighted by atomic mass is 10.1. The Morgan fingerprint density at radius 3 is 2.65 bits per heavy atom. The first-order valence-corrected chi connectivity index (χ1v) is 7.13. The molecule has 2 aromatic carbocycles. The van der Waals surface area contributed by atoms with Gasteiger partial charge in [-0.3, -0.25) is 4.79 Å². The van der Waals surface area contributed by atoms with Crippen LogP contribution in [0.5, 0.6) is 5.75 Å². The van der Waals surface area contributed by atoms with Gasteiger partial charge in [-0.05, 0) is 49.2 Å². The third kappa shape index (κ3) is 3.20. The number of benzene rings is 2. The maximum atomic E-state index is 12.3. The topological polar surface area (TPSA) is 49.3 Å². The Balaban J connectivity index is 2.17. The molecular weight excluding hydrogens is 318 g/mol. The fourth-order valence-corrected chi connectivity index (χ4v) is 2.37. The average molecular weight is 334 g/mol. The number of carbonyl (C=O) groups is 1. The molecule has 0 aromatic heterocycles. The van der Waals surface area contributed by atoms with Crippen LogP contribution in [0.15, 0.2) is 46.9 Å². The molecule has 0 saturated carbocycles. The summed E-state index contributed by atoms with van der Waals surface area (Å²) in [5, 5.41) is 12.4. The Hall–Kier alpha value is -1.81. The summed E-state index contributed by atoms with van der Waals surface area (Å²) in [6, 6.07) is 12.3. The number of carbonyl (C=O) groups excluding carboxylic acids is 1. The zero-order valence-electron chi connectivity index (χ0n) is 11.4. The lowest BCUT2D eigenvalue weighted by molar-refractivity contribution is 0.0939. The van der Waals surface area contributed by atoms with Crippen molar-refractivity contribution in [3.63, 3.8) is 0 Å². The van der Waals surface area contributed by atoms with Crippen LogP contribution < -0.4 is 5.32 Å². The highest BCUT2D eigenvalue weighted by Gasteiger charge is 2.14. The van der Waals surface area contributed by atoms with Gasteiger partial charge in [-0.15, -0.1) is 0 Å². The zero-order valence-corrected chi connectivity index (χ0v) is 12.9. The SMILES string of the molecule is Cc1c(Br)cccc1C(=O)NC(C)c1cccc(O)c1. The highest BCUT2D eigenvalue weighted by atomic mass is 79.9. The standard InChI is InChI=1S/C16H16BrNO2/c1-10-14(7-4-8-15(10)17)16(20)18-11(2)12-5-3-6-13(19)9-12/h3-9,11,19H,1-2H3,(H,18,20). The van der Waals surface area contributed by atoms with Gasteiger partial charge in [-0.25, -0.2) is 0 Å². The minimum Gasteiger partial charge on any atom is -0.508 e. The molecule has 0 saturated heterocycles. The van der Waals surface area contributed by atoms with Crippen LogP contribution in [0.25, 0.3) is 0 Å². The molecular formula is C16H16BrNO2. The van der Waals surface area contributed by atoms with E-state index >= 15 is 0 Å². The lowest BCUT2D eigenvalue weighted by Gasteiger charge is -2.16. The minimum absolute atomic E-state index is 0.125. The molecule has 104 valence electrons. The summed E-state index contributed by atoms with van der Waals surface area (Å²) in [4.78, 5) is 12.3. The number of rotatable bonds is 3. The van der Waals surface area contributed by atoms with Crippen molar-refractivity contribution in [2.24, 2.45) is 0 Å². The number of aromatic hydroxyl groups is 1. The van der Waals surface area contributed by atoms with Crippen molar-refractivity contribution in [3.8, 4) is 5.75 Å². The van der Waals surface area contributed by atoms with E-state index in [0.717, 1.165) is 15.6 Å². The molecule has 1 unspecified atom stereocenters. The number of phenols is 1. The first-order chi connectivity index (χ1) is 9.49. The van der Waals surface area contributed by atoms with Crippen LogP contribution in [0.2, 0.25) is 0 Å². The van der Waals surface area contributed by atoms with E-state index < -0.39 is 0 Å². The van der Waals surface area contributed by atoms with Crippen molar-refractivity contribution in [2.75, 3.05) is 0 Å². The smallest absolute Gasteiger partial charge is 0.252 e. The molecule has 20 heavy (non-hydrogen) atoms. The highest BCUT2D eigenvalue weighted by molar-refractivity contribution is 9.10. The average Bonchev–Trinajstić information content (AvgIpc) is 2.41. The maximum Gasteiger partial charge on any atom is 0.252 e. The molecule has 0 aliphatic carbocycles. The Morgan fingerprint density at radius 2 is 1.95 bits per heavy atom. The second kappa shape index (κ2) is 6.09. The molecule has 1 amide bonds. The highest BCUT2D eigenvalue weighted by Crippen LogP contribution is 2.21. The fourth-order valence-electron chi connectivity index (χ4n) is 2.01. The molecule has 0 spiro atoms. The van der Waals surface area contributed by atoms with Crippen LogP contribution in [-0.4, -0.2) is 11.0 Å². The summed E-state index contributed by atoms with van der Waals surface area (Å²) in [6.45, 7) is 3.79. The summed E-state index contributed by atoms with van der Waals surface area (Å²) < 4.78 is 0.912. The Bertz CT molecular complexity index is 640. The summed E-state index contributed by atoms with van der Waals surface area (Å²) in [5.41, 5.74) is 2.42. The largest absolute Gasteiger partial charge is 0.508 e. The van der Waals surface area contributed by atoms with Crippen LogP contribution >= 0.6 is 15.9 Å². The van der Waals surface area contributed by atoms with Crippen LogP contribution in [0.1, 0.15) is 34.5 Å². The molecule has 0 aliphatic heterocycles. The van der Waals surface area contributed by atoms with E-state index in [1.54, 1.807) is 24.3 Å². The summed E-state index contributed by atoms with van der Waals surface area (Å²) in [6.07, 6.45) is 0. The molecule has 0 radical (unpaired) electrons. The molecule has 0 aliphatic rings. The van der Waals surface area contributed by atoms with Gasteiger partial charge >= 0.3 is 0 Å². The summed E-state index contributed by atoms with van der Waals surface area (Å²) in [5.74, 6) is 0.0712. The minimum atomic E-state index is -0.173. The van der Waals surface area contributed by atoms with Gasteiger partial charge in [0.05, 0.1) is 6.04 Å². The molecule has 0 bridgehead atoms. The molecule has 2 N–H and O–H groups in total. The van der Waals surface area contributed by atoms with Gasteiger partial charge in [0, 0.05) is 10.0 Å². The zero-order chi connectivity index (χ0) is 14.7. The van der Waals surface area contributed by atoms with E-state index in [1.165, 1.54) is 0 Å². The second-order valence-corrected chi connectivity index (χ2v) is 5.56. The van der Waals surface area contributed by atoms with E-state index in [1.807, 2.05) is 32.0 Å². The first-order valence-electron chi connectivity index (χ1n) is 6.34. The number of hydrogen-bond acceptors (Lipinski definition) is 2. The van der Waals surface area contributed by atoms with Gasteiger partial charge in [-0.2, -0.15) is 0 Å². The molecule has 1 atom stereocenters. The van der Waals surface area contributed by atoms with Crippen LogP contribution in [0, 0.1) is 6.92 Å². The molecule has 3 nitrogen and oxygen atoms in total. The normalized spacial score (nSPS) is 11.9. The lowest BCUT2D eigenvalue weighted by Crippen LogP contribution is -2.27. The van der Waals surface area contributed by atoms with Crippen molar-refractivity contribution >= 4 is 21.8 Å². The molecule has 0 heterocycles. The van der Waals surface area contributed by atoms with Crippen molar-refractivity contribution in [2.45, 2.75) is 19.9 Å². The van der Waals surface area contributed by atoms with Gasteiger partial charge in [0.15, 0.2) is 0 Å². The van der Waals surface area contributed by atoms with Gasteiger partial charge in [-0.1, -0.05) is 34.1 Å². The van der Waals surface area contributed by atoms with E-state index in [4.69, 9.17) is 0 Å². The third-order valence-corrected chi connectivity index (χ3v) is 4.09. The van der Waals surface area contributed by atoms with Gasteiger partial charge in [0.25, 0.3) is 5.91 Å². The second-order valence-electron chi connectivity index (χ2n) is 4.70. The van der Waals surface area contributed by atoms with E-state index in [2.05, 4.69) is 21.2 Å². The molecule has 0 fully saturated rings. The maximum absolute atomic E-state index is 12.3.